The predicted molar refractivity (Wildman–Crippen MR) is 131 cm³/mol. The Labute approximate surface area is 195 Å². The summed E-state index contributed by atoms with van der Waals surface area (Å²) in [6.07, 6.45) is 1.02. The molecule has 0 atom stereocenters. The number of sulfonamides is 1. The molecule has 0 aromatic heterocycles. The summed E-state index contributed by atoms with van der Waals surface area (Å²) in [5.74, 6) is -0.570. The van der Waals surface area contributed by atoms with Crippen LogP contribution < -0.4 is 20.8 Å². The Kier molecular flexibility index (Phi) is 8.59. The van der Waals surface area contributed by atoms with Gasteiger partial charge in [-0.15, -0.1) is 0 Å². The molecule has 0 radical (unpaired) electrons. The number of thiocarbonyl (C=S) groups is 1. The summed E-state index contributed by atoms with van der Waals surface area (Å²) in [7, 11) is -2.25. The fourth-order valence-electron chi connectivity index (χ4n) is 2.88. The van der Waals surface area contributed by atoms with E-state index in [-0.39, 0.29) is 16.7 Å². The summed E-state index contributed by atoms with van der Waals surface area (Å²) in [4.78, 5) is 16.9. The predicted octanol–water partition coefficient (Wildman–Crippen LogP) is 2.81. The molecule has 0 heterocycles. The molecule has 2 rings (SSSR count). The minimum atomic E-state index is -3.55. The average Bonchev–Trinajstić information content (AvgIpc) is 2.70. The molecule has 2 aromatic rings. The van der Waals surface area contributed by atoms with E-state index in [9.17, 15) is 13.2 Å². The van der Waals surface area contributed by atoms with Crippen molar-refractivity contribution in [1.82, 2.24) is 16.1 Å². The van der Waals surface area contributed by atoms with Gasteiger partial charge in [0.1, 0.15) is 0 Å². The van der Waals surface area contributed by atoms with Gasteiger partial charge in [0.2, 0.25) is 10.0 Å². The van der Waals surface area contributed by atoms with Gasteiger partial charge in [0.25, 0.3) is 5.91 Å². The molecule has 2 aromatic carbocycles. The van der Waals surface area contributed by atoms with Crippen molar-refractivity contribution >= 4 is 38.9 Å². The van der Waals surface area contributed by atoms with Crippen LogP contribution in [-0.4, -0.2) is 32.8 Å². The van der Waals surface area contributed by atoms with Crippen LogP contribution in [0.15, 0.2) is 42.5 Å². The maximum absolute atomic E-state index is 12.3. The van der Waals surface area contributed by atoms with Gasteiger partial charge in [-0.3, -0.25) is 14.4 Å². The van der Waals surface area contributed by atoms with E-state index >= 15 is 0 Å². The van der Waals surface area contributed by atoms with Gasteiger partial charge in [0.15, 0.2) is 5.11 Å². The lowest BCUT2D eigenvalue weighted by Crippen LogP contribution is -2.34. The Morgan fingerprint density at radius 3 is 2.09 bits per heavy atom. The highest BCUT2D eigenvalue weighted by Gasteiger charge is 2.16. The second kappa shape index (κ2) is 10.8. The number of benzene rings is 2. The highest BCUT2D eigenvalue weighted by Crippen LogP contribution is 2.22. The first-order valence-corrected chi connectivity index (χ1v) is 12.2. The molecule has 8 nitrogen and oxygen atoms in total. The fourth-order valence-corrected chi connectivity index (χ4v) is 3.60. The van der Waals surface area contributed by atoms with Crippen molar-refractivity contribution in [2.45, 2.75) is 39.3 Å². The molecule has 0 spiro atoms. The topological polar surface area (TPSA) is 109 Å². The summed E-state index contributed by atoms with van der Waals surface area (Å²) < 4.78 is 25.5. The van der Waals surface area contributed by atoms with Crippen molar-refractivity contribution in [3.63, 3.8) is 0 Å². The summed E-state index contributed by atoms with van der Waals surface area (Å²) in [5, 5.41) is 6.71. The minimum absolute atomic E-state index is 0.105. The van der Waals surface area contributed by atoms with Gasteiger partial charge in [-0.05, 0) is 46.5 Å². The van der Waals surface area contributed by atoms with Crippen LogP contribution in [0.25, 0.3) is 0 Å². The van der Waals surface area contributed by atoms with Gasteiger partial charge >= 0.3 is 0 Å². The van der Waals surface area contributed by atoms with Gasteiger partial charge in [-0.2, -0.15) is 0 Å². The number of hydrogen-bond donors (Lipinski definition) is 4. The summed E-state index contributed by atoms with van der Waals surface area (Å²) in [5.41, 5.74) is 5.71. The largest absolute Gasteiger partial charge is 0.359 e. The lowest BCUT2D eigenvalue weighted by atomic mass is 9.87. The number of hydrogen-bond acceptors (Lipinski definition) is 5. The Hall–Kier alpha value is -2.69. The molecule has 0 unspecified atom stereocenters. The maximum atomic E-state index is 12.3. The molecular weight excluding hydrogens is 448 g/mol. The number of amides is 1. The van der Waals surface area contributed by atoms with E-state index in [0.717, 1.165) is 17.4 Å². The SMILES string of the molecule is CONC(=O)c1cc(CNC(=S)NCc2ccc(C(C)(C)C)cc2)ccc1NS(C)(=O)=O. The first kappa shape index (κ1) is 25.6. The number of carbonyl (C=O) groups is 1. The molecule has 0 aliphatic heterocycles. The number of nitrogens with one attached hydrogen (secondary N) is 4. The summed E-state index contributed by atoms with van der Waals surface area (Å²) in [6, 6.07) is 13.2. The van der Waals surface area contributed by atoms with E-state index in [1.807, 2.05) is 0 Å². The van der Waals surface area contributed by atoms with E-state index < -0.39 is 15.9 Å². The normalized spacial score (nSPS) is 11.5. The third-order valence-electron chi connectivity index (χ3n) is 4.54. The molecule has 174 valence electrons. The van der Waals surface area contributed by atoms with Crippen molar-refractivity contribution in [3.8, 4) is 0 Å². The summed E-state index contributed by atoms with van der Waals surface area (Å²) >= 11 is 5.35. The molecule has 0 aliphatic rings. The lowest BCUT2D eigenvalue weighted by molar-refractivity contribution is 0.0538. The van der Waals surface area contributed by atoms with E-state index in [1.54, 1.807) is 12.1 Å². The molecule has 0 saturated carbocycles. The van der Waals surface area contributed by atoms with Crippen molar-refractivity contribution in [3.05, 3.63) is 64.7 Å². The van der Waals surface area contributed by atoms with Crippen LogP contribution in [0.5, 0.6) is 0 Å². The molecule has 0 bridgehead atoms. The number of anilines is 1. The summed E-state index contributed by atoms with van der Waals surface area (Å²) in [6.45, 7) is 7.45. The Morgan fingerprint density at radius 1 is 1.00 bits per heavy atom. The Bertz CT molecular complexity index is 1060. The quantitative estimate of drug-likeness (QED) is 0.341. The van der Waals surface area contributed by atoms with E-state index in [1.165, 1.54) is 18.7 Å². The molecule has 4 N–H and O–H groups in total. The first-order valence-electron chi connectivity index (χ1n) is 9.94. The van der Waals surface area contributed by atoms with Crippen LogP contribution in [0.4, 0.5) is 5.69 Å². The van der Waals surface area contributed by atoms with E-state index in [2.05, 4.69) is 70.7 Å². The van der Waals surface area contributed by atoms with Crippen molar-refractivity contribution in [2.75, 3.05) is 18.1 Å². The van der Waals surface area contributed by atoms with Gasteiger partial charge in [-0.1, -0.05) is 51.1 Å². The second-order valence-corrected chi connectivity index (χ2v) is 10.5. The minimum Gasteiger partial charge on any atom is -0.359 e. The third-order valence-corrected chi connectivity index (χ3v) is 5.42. The number of hydroxylamine groups is 1. The fraction of sp³-hybridized carbons (Fsp3) is 0.364. The standard InChI is InChI=1S/C22H30N4O4S2/c1-22(2,3)17-9-6-15(7-10-17)13-23-21(31)24-14-16-8-11-19(26-32(5,28)29)18(12-16)20(27)25-30-4/h6-12,26H,13-14H2,1-5H3,(H,25,27)(H2,23,24,31). The van der Waals surface area contributed by atoms with Gasteiger partial charge < -0.3 is 10.6 Å². The Balaban J connectivity index is 1.99. The second-order valence-electron chi connectivity index (χ2n) is 8.37. The molecule has 0 saturated heterocycles. The van der Waals surface area contributed by atoms with Crippen molar-refractivity contribution in [2.24, 2.45) is 0 Å². The van der Waals surface area contributed by atoms with Crippen molar-refractivity contribution < 1.29 is 18.0 Å². The molecule has 32 heavy (non-hydrogen) atoms. The van der Waals surface area contributed by atoms with E-state index in [4.69, 9.17) is 12.2 Å². The molecule has 0 fully saturated rings. The van der Waals surface area contributed by atoms with Crippen LogP contribution in [0.3, 0.4) is 0 Å². The maximum Gasteiger partial charge on any atom is 0.276 e. The highest BCUT2D eigenvalue weighted by atomic mass is 32.2. The number of rotatable bonds is 8. The van der Waals surface area contributed by atoms with Crippen LogP contribution in [0, 0.1) is 0 Å². The lowest BCUT2D eigenvalue weighted by Gasteiger charge is -2.19. The number of carbonyl (C=O) groups excluding carboxylic acids is 1. The first-order chi connectivity index (χ1) is 14.9. The van der Waals surface area contributed by atoms with Crippen LogP contribution >= 0.6 is 12.2 Å². The average molecular weight is 479 g/mol. The molecule has 0 aliphatic carbocycles. The van der Waals surface area contributed by atoms with Crippen LogP contribution in [0.2, 0.25) is 0 Å². The van der Waals surface area contributed by atoms with Gasteiger partial charge in [0.05, 0.1) is 24.6 Å². The van der Waals surface area contributed by atoms with Crippen LogP contribution in [-0.2, 0) is 33.4 Å². The highest BCUT2D eigenvalue weighted by molar-refractivity contribution is 7.92. The van der Waals surface area contributed by atoms with Gasteiger partial charge in [-0.25, -0.2) is 13.9 Å². The van der Waals surface area contributed by atoms with Crippen LogP contribution in [0.1, 0.15) is 47.8 Å². The van der Waals surface area contributed by atoms with Gasteiger partial charge in [0, 0.05) is 13.1 Å². The smallest absolute Gasteiger partial charge is 0.276 e. The Morgan fingerprint density at radius 2 is 1.56 bits per heavy atom. The zero-order valence-electron chi connectivity index (χ0n) is 18.9. The third kappa shape index (κ3) is 8.10. The van der Waals surface area contributed by atoms with Crippen molar-refractivity contribution in [1.29, 1.82) is 0 Å². The molecular formula is C22H30N4O4S2. The molecule has 1 amide bonds. The zero-order valence-corrected chi connectivity index (χ0v) is 20.5. The monoisotopic (exact) mass is 478 g/mol. The zero-order chi connectivity index (χ0) is 23.9. The van der Waals surface area contributed by atoms with E-state index in [0.29, 0.717) is 18.2 Å². The molecule has 10 heteroatoms.